The van der Waals surface area contributed by atoms with E-state index in [1.165, 1.54) is 83.5 Å². The first-order valence-corrected chi connectivity index (χ1v) is 11.8. The van der Waals surface area contributed by atoms with Gasteiger partial charge in [0.05, 0.1) is 0 Å². The lowest BCUT2D eigenvalue weighted by Crippen LogP contribution is -1.98. The van der Waals surface area contributed by atoms with Crippen molar-refractivity contribution in [3.8, 4) is 0 Å². The Morgan fingerprint density at radius 1 is 0.536 bits per heavy atom. The molecule has 0 radical (unpaired) electrons. The Balaban J connectivity index is 1.75. The molecule has 0 saturated heterocycles. The van der Waals surface area contributed by atoms with E-state index in [4.69, 9.17) is 0 Å². The fraction of sp³-hybridized carbons (Fsp3) is 0.692. The second-order valence-electron chi connectivity index (χ2n) is 8.29. The first-order chi connectivity index (χ1) is 13.7. The van der Waals surface area contributed by atoms with Crippen LogP contribution in [0.4, 0.5) is 0 Å². The molecule has 1 aromatic rings. The van der Waals surface area contributed by atoms with Gasteiger partial charge < -0.3 is 4.79 Å². The SMILES string of the molecule is CC(=O)CCCCCCCCCCCCCCCCCC(=O)c1ccccc1. The van der Waals surface area contributed by atoms with E-state index in [0.29, 0.717) is 12.2 Å². The Hall–Kier alpha value is -1.44. The van der Waals surface area contributed by atoms with Crippen LogP contribution in [0.25, 0.3) is 0 Å². The lowest BCUT2D eigenvalue weighted by molar-refractivity contribution is -0.117. The molecule has 0 bridgehead atoms. The fourth-order valence-electron chi connectivity index (χ4n) is 3.73. The summed E-state index contributed by atoms with van der Waals surface area (Å²) in [5.74, 6) is 0.620. The molecule has 0 aliphatic rings. The summed E-state index contributed by atoms with van der Waals surface area (Å²) in [7, 11) is 0. The highest BCUT2D eigenvalue weighted by molar-refractivity contribution is 5.95. The van der Waals surface area contributed by atoms with E-state index in [1.54, 1.807) is 6.92 Å². The van der Waals surface area contributed by atoms with Crippen LogP contribution in [0.5, 0.6) is 0 Å². The molecule has 158 valence electrons. The number of Topliss-reactive ketones (excluding diaryl/α,β-unsaturated/α-hetero) is 2. The number of benzene rings is 1. The number of unbranched alkanes of at least 4 members (excludes halogenated alkanes) is 14. The van der Waals surface area contributed by atoms with Gasteiger partial charge in [-0.1, -0.05) is 114 Å². The van der Waals surface area contributed by atoms with Gasteiger partial charge in [-0.15, -0.1) is 0 Å². The zero-order chi connectivity index (χ0) is 20.3. The number of hydrogen-bond donors (Lipinski definition) is 0. The molecule has 0 N–H and O–H groups in total. The number of carbonyl (C=O) groups is 2. The van der Waals surface area contributed by atoms with Crippen molar-refractivity contribution in [3.63, 3.8) is 0 Å². The average Bonchev–Trinajstić information content (AvgIpc) is 2.70. The molecule has 0 heterocycles. The molecule has 28 heavy (non-hydrogen) atoms. The molecule has 0 amide bonds. The molecule has 0 aromatic heterocycles. The van der Waals surface area contributed by atoms with E-state index in [0.717, 1.165) is 24.8 Å². The van der Waals surface area contributed by atoms with Crippen LogP contribution in [0.15, 0.2) is 30.3 Å². The molecule has 2 heteroatoms. The fourth-order valence-corrected chi connectivity index (χ4v) is 3.73. The highest BCUT2D eigenvalue weighted by Crippen LogP contribution is 2.14. The van der Waals surface area contributed by atoms with E-state index >= 15 is 0 Å². The molecular formula is C26H42O2. The molecule has 0 atom stereocenters. The molecule has 2 nitrogen and oxygen atoms in total. The Morgan fingerprint density at radius 3 is 1.29 bits per heavy atom. The van der Waals surface area contributed by atoms with Crippen LogP contribution in [0, 0.1) is 0 Å². The lowest BCUT2D eigenvalue weighted by atomic mass is 10.0. The van der Waals surface area contributed by atoms with Crippen LogP contribution in [-0.4, -0.2) is 11.6 Å². The second kappa shape index (κ2) is 17.6. The molecule has 0 spiro atoms. The molecular weight excluding hydrogens is 344 g/mol. The maximum atomic E-state index is 12.0. The first-order valence-electron chi connectivity index (χ1n) is 11.8. The monoisotopic (exact) mass is 386 g/mol. The van der Waals surface area contributed by atoms with Gasteiger partial charge in [-0.3, -0.25) is 4.79 Å². The molecule has 0 aliphatic carbocycles. The normalized spacial score (nSPS) is 10.9. The third kappa shape index (κ3) is 14.6. The Labute approximate surface area is 173 Å². The summed E-state index contributed by atoms with van der Waals surface area (Å²) in [5.41, 5.74) is 0.857. The molecule has 0 saturated carbocycles. The van der Waals surface area contributed by atoms with Crippen LogP contribution in [0.2, 0.25) is 0 Å². The van der Waals surface area contributed by atoms with Crippen LogP contribution < -0.4 is 0 Å². The summed E-state index contributed by atoms with van der Waals surface area (Å²) >= 11 is 0. The zero-order valence-corrected chi connectivity index (χ0v) is 18.2. The van der Waals surface area contributed by atoms with Crippen molar-refractivity contribution in [1.82, 2.24) is 0 Å². The summed E-state index contributed by atoms with van der Waals surface area (Å²) in [6.07, 6.45) is 20.8. The molecule has 1 rings (SSSR count). The Kier molecular flexibility index (Phi) is 15.5. The topological polar surface area (TPSA) is 34.1 Å². The standard InChI is InChI=1S/C26H42O2/c1-24(27)20-16-13-11-9-7-5-3-2-4-6-8-10-12-14-19-23-26(28)25-21-17-15-18-22-25/h15,17-18,21-22H,2-14,16,19-20,23H2,1H3. The van der Waals surface area contributed by atoms with Crippen molar-refractivity contribution >= 4 is 11.6 Å². The number of ketones is 2. The predicted molar refractivity (Wildman–Crippen MR) is 120 cm³/mol. The van der Waals surface area contributed by atoms with Gasteiger partial charge >= 0.3 is 0 Å². The summed E-state index contributed by atoms with van der Waals surface area (Å²) in [5, 5.41) is 0. The van der Waals surface area contributed by atoms with Crippen LogP contribution >= 0.6 is 0 Å². The van der Waals surface area contributed by atoms with E-state index < -0.39 is 0 Å². The highest BCUT2D eigenvalue weighted by atomic mass is 16.1. The second-order valence-corrected chi connectivity index (χ2v) is 8.29. The number of carbonyl (C=O) groups excluding carboxylic acids is 2. The summed E-state index contributed by atoms with van der Waals surface area (Å²) in [6, 6.07) is 9.66. The third-order valence-electron chi connectivity index (χ3n) is 5.53. The summed E-state index contributed by atoms with van der Waals surface area (Å²) < 4.78 is 0. The Bertz CT molecular complexity index is 506. The van der Waals surface area contributed by atoms with Crippen LogP contribution in [-0.2, 0) is 4.79 Å². The van der Waals surface area contributed by atoms with Gasteiger partial charge in [0.15, 0.2) is 5.78 Å². The Morgan fingerprint density at radius 2 is 0.893 bits per heavy atom. The van der Waals surface area contributed by atoms with Gasteiger partial charge in [0.25, 0.3) is 0 Å². The van der Waals surface area contributed by atoms with E-state index in [1.807, 2.05) is 30.3 Å². The quantitative estimate of drug-likeness (QED) is 0.178. The van der Waals surface area contributed by atoms with Crippen molar-refractivity contribution in [2.75, 3.05) is 0 Å². The van der Waals surface area contributed by atoms with Crippen molar-refractivity contribution in [3.05, 3.63) is 35.9 Å². The van der Waals surface area contributed by atoms with Crippen LogP contribution in [0.1, 0.15) is 126 Å². The van der Waals surface area contributed by atoms with Gasteiger partial charge in [0.1, 0.15) is 5.78 Å². The molecule has 0 unspecified atom stereocenters. The van der Waals surface area contributed by atoms with Gasteiger partial charge in [-0.05, 0) is 19.8 Å². The van der Waals surface area contributed by atoms with Gasteiger partial charge in [-0.25, -0.2) is 0 Å². The molecule has 0 fully saturated rings. The van der Waals surface area contributed by atoms with Crippen LogP contribution in [0.3, 0.4) is 0 Å². The maximum Gasteiger partial charge on any atom is 0.162 e. The minimum atomic E-state index is 0.289. The van der Waals surface area contributed by atoms with Crippen molar-refractivity contribution < 1.29 is 9.59 Å². The zero-order valence-electron chi connectivity index (χ0n) is 18.2. The maximum absolute atomic E-state index is 12.0. The largest absolute Gasteiger partial charge is 0.300 e. The van der Waals surface area contributed by atoms with E-state index in [9.17, 15) is 9.59 Å². The lowest BCUT2D eigenvalue weighted by Gasteiger charge is -2.04. The molecule has 1 aromatic carbocycles. The highest BCUT2D eigenvalue weighted by Gasteiger charge is 2.04. The first kappa shape index (κ1) is 24.6. The number of hydrogen-bond acceptors (Lipinski definition) is 2. The van der Waals surface area contributed by atoms with E-state index in [-0.39, 0.29) is 5.78 Å². The number of rotatable bonds is 19. The van der Waals surface area contributed by atoms with E-state index in [2.05, 4.69) is 0 Å². The van der Waals surface area contributed by atoms with Crippen molar-refractivity contribution in [2.45, 2.75) is 116 Å². The van der Waals surface area contributed by atoms with Gasteiger partial charge in [-0.2, -0.15) is 0 Å². The minimum absolute atomic E-state index is 0.289. The molecule has 0 aliphatic heterocycles. The third-order valence-corrected chi connectivity index (χ3v) is 5.53. The summed E-state index contributed by atoms with van der Waals surface area (Å²) in [6.45, 7) is 1.69. The van der Waals surface area contributed by atoms with Crippen molar-refractivity contribution in [2.24, 2.45) is 0 Å². The van der Waals surface area contributed by atoms with Gasteiger partial charge in [0, 0.05) is 18.4 Å². The predicted octanol–water partition coefficient (Wildman–Crippen LogP) is 8.09. The summed E-state index contributed by atoms with van der Waals surface area (Å²) in [4.78, 5) is 22.9. The minimum Gasteiger partial charge on any atom is -0.300 e. The van der Waals surface area contributed by atoms with Crippen molar-refractivity contribution in [1.29, 1.82) is 0 Å². The average molecular weight is 387 g/mol. The van der Waals surface area contributed by atoms with Gasteiger partial charge in [0.2, 0.25) is 0 Å². The smallest absolute Gasteiger partial charge is 0.162 e.